The van der Waals surface area contributed by atoms with Crippen molar-refractivity contribution >= 4 is 29.0 Å². The van der Waals surface area contributed by atoms with Crippen LogP contribution in [0, 0.1) is 11.6 Å². The van der Waals surface area contributed by atoms with Gasteiger partial charge in [0.05, 0.1) is 0 Å². The molecular formula is C16H12ClF2N5O. The fourth-order valence-electron chi connectivity index (χ4n) is 2.10. The molecule has 0 bridgehead atoms. The van der Waals surface area contributed by atoms with Crippen LogP contribution < -0.4 is 10.6 Å². The van der Waals surface area contributed by atoms with E-state index in [4.69, 9.17) is 11.6 Å². The Hall–Kier alpha value is -3.00. The number of hydrogen-bond donors (Lipinski definition) is 3. The third-order valence-corrected chi connectivity index (χ3v) is 3.54. The lowest BCUT2D eigenvalue weighted by molar-refractivity contribution is 0.0946. The summed E-state index contributed by atoms with van der Waals surface area (Å²) in [7, 11) is 0. The highest BCUT2D eigenvalue weighted by Gasteiger charge is 2.17. The highest BCUT2D eigenvalue weighted by Crippen LogP contribution is 2.20. The Kier molecular flexibility index (Phi) is 4.90. The van der Waals surface area contributed by atoms with E-state index < -0.39 is 17.5 Å². The number of carbonyl (C=O) groups is 1. The summed E-state index contributed by atoms with van der Waals surface area (Å²) < 4.78 is 26.5. The molecule has 0 unspecified atom stereocenters. The molecule has 3 aromatic rings. The molecule has 0 saturated carbocycles. The van der Waals surface area contributed by atoms with E-state index in [-0.39, 0.29) is 23.6 Å². The number of benzene rings is 2. The van der Waals surface area contributed by atoms with Gasteiger partial charge in [0.2, 0.25) is 0 Å². The summed E-state index contributed by atoms with van der Waals surface area (Å²) in [6.45, 7) is -0.117. The van der Waals surface area contributed by atoms with Crippen molar-refractivity contribution in [1.29, 1.82) is 0 Å². The molecule has 9 heteroatoms. The number of aromatic nitrogens is 3. The first kappa shape index (κ1) is 16.8. The molecule has 3 rings (SSSR count). The molecule has 128 valence electrons. The summed E-state index contributed by atoms with van der Waals surface area (Å²) >= 11 is 5.91. The minimum Gasteiger partial charge on any atom is -0.346 e. The van der Waals surface area contributed by atoms with Gasteiger partial charge in [0.1, 0.15) is 11.6 Å². The van der Waals surface area contributed by atoms with E-state index in [1.807, 2.05) is 0 Å². The van der Waals surface area contributed by atoms with Gasteiger partial charge in [-0.2, -0.15) is 5.21 Å². The van der Waals surface area contributed by atoms with E-state index in [0.29, 0.717) is 10.7 Å². The normalized spacial score (nSPS) is 10.5. The molecule has 0 aliphatic carbocycles. The second-order valence-corrected chi connectivity index (χ2v) is 5.51. The lowest BCUT2D eigenvalue weighted by atomic mass is 10.2. The summed E-state index contributed by atoms with van der Waals surface area (Å²) in [6.07, 6.45) is 0. The van der Waals surface area contributed by atoms with Crippen molar-refractivity contribution in [3.8, 4) is 0 Å². The zero-order valence-electron chi connectivity index (χ0n) is 12.7. The Morgan fingerprint density at radius 1 is 1.16 bits per heavy atom. The van der Waals surface area contributed by atoms with E-state index in [1.165, 1.54) is 6.07 Å². The van der Waals surface area contributed by atoms with Crippen LogP contribution in [-0.2, 0) is 6.54 Å². The van der Waals surface area contributed by atoms with Crippen LogP contribution >= 0.6 is 11.6 Å². The maximum absolute atomic E-state index is 13.6. The van der Waals surface area contributed by atoms with Crippen molar-refractivity contribution in [1.82, 2.24) is 20.7 Å². The molecule has 0 spiro atoms. The Morgan fingerprint density at radius 2 is 2.00 bits per heavy atom. The maximum atomic E-state index is 13.6. The van der Waals surface area contributed by atoms with E-state index >= 15 is 0 Å². The van der Waals surface area contributed by atoms with E-state index in [0.717, 1.165) is 12.1 Å². The van der Waals surface area contributed by atoms with Crippen molar-refractivity contribution in [2.45, 2.75) is 6.54 Å². The third-order valence-electron chi connectivity index (χ3n) is 3.30. The van der Waals surface area contributed by atoms with Crippen molar-refractivity contribution in [2.75, 3.05) is 5.32 Å². The van der Waals surface area contributed by atoms with Crippen LogP contribution in [0.2, 0.25) is 5.02 Å². The number of amides is 1. The van der Waals surface area contributed by atoms with Crippen molar-refractivity contribution in [3.05, 3.63) is 70.4 Å². The monoisotopic (exact) mass is 363 g/mol. The van der Waals surface area contributed by atoms with Crippen LogP contribution in [-0.4, -0.2) is 21.3 Å². The van der Waals surface area contributed by atoms with Crippen LogP contribution in [0.4, 0.5) is 20.3 Å². The smallest absolute Gasteiger partial charge is 0.275 e. The lowest BCUT2D eigenvalue weighted by Crippen LogP contribution is -2.24. The van der Waals surface area contributed by atoms with Crippen molar-refractivity contribution in [2.24, 2.45) is 0 Å². The number of halogens is 3. The highest BCUT2D eigenvalue weighted by molar-refractivity contribution is 6.30. The minimum absolute atomic E-state index is 0.00231. The Bertz CT molecular complexity index is 915. The van der Waals surface area contributed by atoms with Crippen LogP contribution in [0.3, 0.4) is 0 Å². The van der Waals surface area contributed by atoms with Gasteiger partial charge in [0.25, 0.3) is 5.91 Å². The highest BCUT2D eigenvalue weighted by atomic mass is 35.5. The fourth-order valence-corrected chi connectivity index (χ4v) is 2.29. The number of carbonyl (C=O) groups excluding carboxylic acids is 1. The number of anilines is 2. The number of nitrogens with zero attached hydrogens (tertiary/aromatic N) is 2. The molecule has 3 N–H and O–H groups in total. The molecular weight excluding hydrogens is 352 g/mol. The van der Waals surface area contributed by atoms with Crippen LogP contribution in [0.25, 0.3) is 0 Å². The molecule has 0 radical (unpaired) electrons. The SMILES string of the molecule is O=C(NCc1ccc(F)cc1F)c1n[nH]nc1Nc1cccc(Cl)c1. The molecule has 0 fully saturated rings. The predicted octanol–water partition coefficient (Wildman–Crippen LogP) is 3.41. The predicted molar refractivity (Wildman–Crippen MR) is 88.6 cm³/mol. The molecule has 0 atom stereocenters. The number of aromatic amines is 1. The second kappa shape index (κ2) is 7.27. The van der Waals surface area contributed by atoms with Gasteiger partial charge in [-0.15, -0.1) is 10.2 Å². The third kappa shape index (κ3) is 4.10. The number of hydrogen-bond acceptors (Lipinski definition) is 4. The minimum atomic E-state index is -0.738. The van der Waals surface area contributed by atoms with E-state index in [1.54, 1.807) is 24.3 Å². The van der Waals surface area contributed by atoms with E-state index in [9.17, 15) is 13.6 Å². The zero-order valence-corrected chi connectivity index (χ0v) is 13.4. The first-order valence-electron chi connectivity index (χ1n) is 7.18. The number of nitrogens with one attached hydrogen (secondary N) is 3. The summed E-state index contributed by atoms with van der Waals surface area (Å²) in [5.41, 5.74) is 0.783. The van der Waals surface area contributed by atoms with Gasteiger partial charge < -0.3 is 10.6 Å². The molecule has 25 heavy (non-hydrogen) atoms. The molecule has 0 aliphatic rings. The molecule has 0 aliphatic heterocycles. The second-order valence-electron chi connectivity index (χ2n) is 5.07. The molecule has 1 amide bonds. The average molecular weight is 364 g/mol. The summed E-state index contributed by atoms with van der Waals surface area (Å²) in [6, 6.07) is 9.99. The fraction of sp³-hybridized carbons (Fsp3) is 0.0625. The van der Waals surface area contributed by atoms with Crippen LogP contribution in [0.5, 0.6) is 0 Å². The topological polar surface area (TPSA) is 82.7 Å². The maximum Gasteiger partial charge on any atom is 0.275 e. The first-order valence-corrected chi connectivity index (χ1v) is 7.56. The Labute approximate surface area is 146 Å². The quantitative estimate of drug-likeness (QED) is 0.648. The molecule has 6 nitrogen and oxygen atoms in total. The molecule has 2 aromatic carbocycles. The molecule has 1 heterocycles. The van der Waals surface area contributed by atoms with Gasteiger partial charge in [-0.05, 0) is 24.3 Å². The zero-order chi connectivity index (χ0) is 17.8. The van der Waals surface area contributed by atoms with Crippen LogP contribution in [0.15, 0.2) is 42.5 Å². The average Bonchev–Trinajstić information content (AvgIpc) is 3.02. The van der Waals surface area contributed by atoms with Gasteiger partial charge in [0, 0.05) is 28.9 Å². The largest absolute Gasteiger partial charge is 0.346 e. The number of rotatable bonds is 5. The van der Waals surface area contributed by atoms with Crippen molar-refractivity contribution < 1.29 is 13.6 Å². The van der Waals surface area contributed by atoms with Crippen LogP contribution in [0.1, 0.15) is 16.1 Å². The summed E-state index contributed by atoms with van der Waals surface area (Å²) in [5, 5.41) is 16.0. The summed E-state index contributed by atoms with van der Waals surface area (Å²) in [5.74, 6) is -1.80. The number of H-pyrrole nitrogens is 1. The van der Waals surface area contributed by atoms with Gasteiger partial charge in [0.15, 0.2) is 11.5 Å². The van der Waals surface area contributed by atoms with Gasteiger partial charge in [-0.1, -0.05) is 23.7 Å². The van der Waals surface area contributed by atoms with Gasteiger partial charge >= 0.3 is 0 Å². The van der Waals surface area contributed by atoms with Gasteiger partial charge in [-0.25, -0.2) is 8.78 Å². The Balaban J connectivity index is 1.70. The molecule has 1 aromatic heterocycles. The first-order chi connectivity index (χ1) is 12.0. The summed E-state index contributed by atoms with van der Waals surface area (Å²) in [4.78, 5) is 12.2. The molecule has 0 saturated heterocycles. The van der Waals surface area contributed by atoms with Gasteiger partial charge in [-0.3, -0.25) is 4.79 Å². The Morgan fingerprint density at radius 3 is 2.76 bits per heavy atom. The standard InChI is InChI=1S/C16H12ClF2N5O/c17-10-2-1-3-12(6-10)21-15-14(22-24-23-15)16(25)20-8-9-4-5-11(18)7-13(9)19/h1-7H,8H2,(H,20,25)(H2,21,22,23,24). The van der Waals surface area contributed by atoms with Crippen molar-refractivity contribution in [3.63, 3.8) is 0 Å². The van der Waals surface area contributed by atoms with E-state index in [2.05, 4.69) is 26.0 Å². The lowest BCUT2D eigenvalue weighted by Gasteiger charge is -2.07.